The Balaban J connectivity index is 2.43. The lowest BCUT2D eigenvalue weighted by atomic mass is 10.0. The lowest BCUT2D eigenvalue weighted by Crippen LogP contribution is -2.44. The normalized spacial score (nSPS) is 23.8. The van der Waals surface area contributed by atoms with E-state index in [0.29, 0.717) is 12.5 Å². The number of hydrogen-bond acceptors (Lipinski definition) is 3. The van der Waals surface area contributed by atoms with Gasteiger partial charge in [0.25, 0.3) is 0 Å². The summed E-state index contributed by atoms with van der Waals surface area (Å²) in [6.07, 6.45) is 1.70. The van der Waals surface area contributed by atoms with Gasteiger partial charge in [0.2, 0.25) is 0 Å². The molecule has 1 heterocycles. The Morgan fingerprint density at radius 1 is 1.37 bits per heavy atom. The highest BCUT2D eigenvalue weighted by molar-refractivity contribution is 5.60. The summed E-state index contributed by atoms with van der Waals surface area (Å²) in [6.45, 7) is 8.52. The van der Waals surface area contributed by atoms with Gasteiger partial charge in [-0.25, -0.2) is 0 Å². The van der Waals surface area contributed by atoms with Crippen molar-refractivity contribution in [1.29, 1.82) is 5.26 Å². The van der Waals surface area contributed by atoms with E-state index in [9.17, 15) is 0 Å². The highest BCUT2D eigenvalue weighted by Crippen LogP contribution is 2.30. The first-order valence-corrected chi connectivity index (χ1v) is 7.07. The standard InChI is InChI=1S/C16H23N3/c1-12-5-4-6-13(2)16(12)19-14(3)8-10-18-11-15(19)7-9-17/h4-6,14-15,18H,7-8,10-11H2,1-3H3. The Hall–Kier alpha value is -1.53. The minimum absolute atomic E-state index is 0.266. The number of nitrogens with zero attached hydrogens (tertiary/aromatic N) is 2. The first-order valence-electron chi connectivity index (χ1n) is 7.07. The molecule has 1 fully saturated rings. The molecule has 1 aromatic carbocycles. The molecule has 3 heteroatoms. The summed E-state index contributed by atoms with van der Waals surface area (Å²) in [5.74, 6) is 0. The second kappa shape index (κ2) is 6.08. The molecule has 1 saturated heterocycles. The van der Waals surface area contributed by atoms with Gasteiger partial charge in [-0.2, -0.15) is 5.26 Å². The summed E-state index contributed by atoms with van der Waals surface area (Å²) in [4.78, 5) is 2.47. The third kappa shape index (κ3) is 2.90. The second-order valence-electron chi connectivity index (χ2n) is 5.51. The number of anilines is 1. The molecule has 102 valence electrons. The number of hydrogen-bond donors (Lipinski definition) is 1. The number of rotatable bonds is 2. The van der Waals surface area contributed by atoms with Crippen LogP contribution < -0.4 is 10.2 Å². The summed E-state index contributed by atoms with van der Waals surface area (Å²) in [5.41, 5.74) is 3.92. The molecule has 0 aliphatic carbocycles. The van der Waals surface area contributed by atoms with E-state index < -0.39 is 0 Å². The maximum Gasteiger partial charge on any atom is 0.0643 e. The van der Waals surface area contributed by atoms with Crippen LogP contribution in [0.15, 0.2) is 18.2 Å². The average Bonchev–Trinajstić information content (AvgIpc) is 2.54. The SMILES string of the molecule is Cc1cccc(C)c1N1C(C)CCNCC1CC#N. The van der Waals surface area contributed by atoms with Gasteiger partial charge in [0.1, 0.15) is 0 Å². The molecule has 2 rings (SSSR count). The van der Waals surface area contributed by atoms with Crippen molar-refractivity contribution in [3.8, 4) is 6.07 Å². The van der Waals surface area contributed by atoms with Gasteiger partial charge >= 0.3 is 0 Å². The first-order chi connectivity index (χ1) is 9.15. The van der Waals surface area contributed by atoms with Gasteiger partial charge in [0.05, 0.1) is 18.5 Å². The van der Waals surface area contributed by atoms with E-state index in [4.69, 9.17) is 5.26 Å². The molecule has 3 nitrogen and oxygen atoms in total. The molecule has 0 spiro atoms. The number of nitrogens with one attached hydrogen (secondary N) is 1. The van der Waals surface area contributed by atoms with E-state index in [1.807, 2.05) is 0 Å². The smallest absolute Gasteiger partial charge is 0.0643 e. The minimum Gasteiger partial charge on any atom is -0.363 e. The quantitative estimate of drug-likeness (QED) is 0.885. The molecule has 1 aliphatic heterocycles. The van der Waals surface area contributed by atoms with Crippen molar-refractivity contribution < 1.29 is 0 Å². The zero-order chi connectivity index (χ0) is 13.8. The van der Waals surface area contributed by atoms with Gasteiger partial charge in [-0.3, -0.25) is 0 Å². The first kappa shape index (κ1) is 13.9. The lowest BCUT2D eigenvalue weighted by molar-refractivity contribution is 0.549. The maximum atomic E-state index is 9.10. The number of nitriles is 1. The Labute approximate surface area is 116 Å². The van der Waals surface area contributed by atoms with Crippen molar-refractivity contribution in [2.24, 2.45) is 0 Å². The van der Waals surface area contributed by atoms with E-state index >= 15 is 0 Å². The molecule has 0 saturated carbocycles. The molecule has 2 atom stereocenters. The second-order valence-corrected chi connectivity index (χ2v) is 5.51. The van der Waals surface area contributed by atoms with Crippen LogP contribution in [-0.4, -0.2) is 25.2 Å². The van der Waals surface area contributed by atoms with Gasteiger partial charge in [0.15, 0.2) is 0 Å². The molecule has 1 N–H and O–H groups in total. The monoisotopic (exact) mass is 257 g/mol. The number of para-hydroxylation sites is 1. The fraction of sp³-hybridized carbons (Fsp3) is 0.562. The van der Waals surface area contributed by atoms with Crippen LogP contribution >= 0.6 is 0 Å². The highest BCUT2D eigenvalue weighted by Gasteiger charge is 2.28. The molecular weight excluding hydrogens is 234 g/mol. The van der Waals surface area contributed by atoms with Crippen LogP contribution in [0.4, 0.5) is 5.69 Å². The Kier molecular flexibility index (Phi) is 4.44. The lowest BCUT2D eigenvalue weighted by Gasteiger charge is -2.37. The van der Waals surface area contributed by atoms with Crippen LogP contribution in [0, 0.1) is 25.2 Å². The van der Waals surface area contributed by atoms with Gasteiger partial charge in [0, 0.05) is 18.3 Å². The Bertz CT molecular complexity index is 455. The van der Waals surface area contributed by atoms with Gasteiger partial charge in [-0.1, -0.05) is 18.2 Å². The number of benzene rings is 1. The largest absolute Gasteiger partial charge is 0.363 e. The van der Waals surface area contributed by atoms with Crippen LogP contribution in [0.1, 0.15) is 30.9 Å². The molecule has 0 amide bonds. The van der Waals surface area contributed by atoms with E-state index in [1.165, 1.54) is 16.8 Å². The molecule has 19 heavy (non-hydrogen) atoms. The summed E-state index contributed by atoms with van der Waals surface area (Å²) >= 11 is 0. The van der Waals surface area contributed by atoms with Gasteiger partial charge < -0.3 is 10.2 Å². The van der Waals surface area contributed by atoms with Crippen LogP contribution in [0.3, 0.4) is 0 Å². The van der Waals surface area contributed by atoms with Crippen molar-refractivity contribution in [3.63, 3.8) is 0 Å². The predicted molar refractivity (Wildman–Crippen MR) is 79.4 cm³/mol. The molecule has 1 aromatic rings. The average molecular weight is 257 g/mol. The van der Waals surface area contributed by atoms with E-state index in [-0.39, 0.29) is 6.04 Å². The van der Waals surface area contributed by atoms with E-state index in [2.05, 4.69) is 55.3 Å². The van der Waals surface area contributed by atoms with Crippen LogP contribution in [0.2, 0.25) is 0 Å². The third-order valence-corrected chi connectivity index (χ3v) is 4.01. The third-order valence-electron chi connectivity index (χ3n) is 4.01. The number of aryl methyl sites for hydroxylation is 2. The minimum atomic E-state index is 0.266. The Morgan fingerprint density at radius 2 is 2.05 bits per heavy atom. The molecule has 1 aliphatic rings. The highest BCUT2D eigenvalue weighted by atomic mass is 15.2. The van der Waals surface area contributed by atoms with Crippen molar-refractivity contribution in [2.75, 3.05) is 18.0 Å². The van der Waals surface area contributed by atoms with Crippen molar-refractivity contribution >= 4 is 5.69 Å². The summed E-state index contributed by atoms with van der Waals surface area (Å²) in [7, 11) is 0. The molecule has 0 radical (unpaired) electrons. The maximum absolute atomic E-state index is 9.10. The molecule has 2 unspecified atom stereocenters. The van der Waals surface area contributed by atoms with Crippen molar-refractivity contribution in [3.05, 3.63) is 29.3 Å². The molecular formula is C16H23N3. The van der Waals surface area contributed by atoms with Crippen LogP contribution in [-0.2, 0) is 0 Å². The summed E-state index contributed by atoms with van der Waals surface area (Å²) in [5, 5.41) is 12.6. The summed E-state index contributed by atoms with van der Waals surface area (Å²) < 4.78 is 0. The topological polar surface area (TPSA) is 39.1 Å². The van der Waals surface area contributed by atoms with Crippen LogP contribution in [0.25, 0.3) is 0 Å². The van der Waals surface area contributed by atoms with E-state index in [1.54, 1.807) is 0 Å². The van der Waals surface area contributed by atoms with Gasteiger partial charge in [-0.05, 0) is 44.9 Å². The molecule has 0 aromatic heterocycles. The van der Waals surface area contributed by atoms with E-state index in [0.717, 1.165) is 19.5 Å². The fourth-order valence-electron chi connectivity index (χ4n) is 3.07. The zero-order valence-corrected chi connectivity index (χ0v) is 12.1. The van der Waals surface area contributed by atoms with Crippen LogP contribution in [0.5, 0.6) is 0 Å². The fourth-order valence-corrected chi connectivity index (χ4v) is 3.07. The van der Waals surface area contributed by atoms with Crippen molar-refractivity contribution in [1.82, 2.24) is 5.32 Å². The Morgan fingerprint density at radius 3 is 2.68 bits per heavy atom. The summed E-state index contributed by atoms with van der Waals surface area (Å²) in [6, 6.07) is 9.51. The van der Waals surface area contributed by atoms with Gasteiger partial charge in [-0.15, -0.1) is 0 Å². The predicted octanol–water partition coefficient (Wildman–Crippen LogP) is 2.77. The molecule has 0 bridgehead atoms. The zero-order valence-electron chi connectivity index (χ0n) is 12.1. The van der Waals surface area contributed by atoms with Crippen molar-refractivity contribution in [2.45, 2.75) is 45.7 Å².